The SMILES string of the molecule is [Au+3].[N-]=C=CS(=O)(=O)C=C=[N-].[c-]1ccccc1Cc1ccccn1. The van der Waals surface area contributed by atoms with E-state index in [0.717, 1.165) is 12.1 Å². The molecule has 0 amide bonds. The van der Waals surface area contributed by atoms with Crippen LogP contribution in [0.2, 0.25) is 0 Å². The predicted molar refractivity (Wildman–Crippen MR) is 87.1 cm³/mol. The van der Waals surface area contributed by atoms with Crippen LogP contribution in [-0.4, -0.2) is 25.1 Å². The van der Waals surface area contributed by atoms with E-state index in [4.69, 9.17) is 10.8 Å². The molecule has 0 bridgehead atoms. The number of sulfone groups is 1. The van der Waals surface area contributed by atoms with Crippen LogP contribution < -0.4 is 0 Å². The number of hydrogen-bond donors (Lipinski definition) is 0. The Morgan fingerprint density at radius 1 is 1.09 bits per heavy atom. The Bertz CT molecular complexity index is 719. The van der Waals surface area contributed by atoms with Gasteiger partial charge in [-0.25, -0.2) is 8.42 Å². The second kappa shape index (κ2) is 11.5. The Morgan fingerprint density at radius 2 is 1.74 bits per heavy atom. The van der Waals surface area contributed by atoms with Gasteiger partial charge in [0.1, 0.15) is 0 Å². The largest absolute Gasteiger partial charge is 3.00 e. The first-order valence-corrected chi connectivity index (χ1v) is 7.74. The van der Waals surface area contributed by atoms with E-state index in [0.29, 0.717) is 10.8 Å². The summed E-state index contributed by atoms with van der Waals surface area (Å²) in [5, 5.41) is 16.4. The summed E-state index contributed by atoms with van der Waals surface area (Å²) in [6.07, 6.45) is 2.68. The van der Waals surface area contributed by atoms with Crippen LogP contribution >= 0.6 is 0 Å². The van der Waals surface area contributed by atoms with E-state index in [1.807, 2.05) is 42.6 Å². The first-order chi connectivity index (χ1) is 10.6. The van der Waals surface area contributed by atoms with Crippen molar-refractivity contribution >= 4 is 21.6 Å². The Labute approximate surface area is 151 Å². The first-order valence-electron chi connectivity index (χ1n) is 6.13. The molecule has 0 fully saturated rings. The number of nitrogens with zero attached hydrogens (tertiary/aromatic N) is 3. The van der Waals surface area contributed by atoms with Crippen LogP contribution in [0.3, 0.4) is 0 Å². The second-order valence-electron chi connectivity index (χ2n) is 3.97. The Morgan fingerprint density at radius 3 is 2.22 bits per heavy atom. The van der Waals surface area contributed by atoms with Crippen molar-refractivity contribution in [1.29, 1.82) is 0 Å². The summed E-state index contributed by atoms with van der Waals surface area (Å²) in [6, 6.07) is 17.1. The van der Waals surface area contributed by atoms with Gasteiger partial charge in [-0.2, -0.15) is 35.9 Å². The number of pyridine rings is 1. The summed E-state index contributed by atoms with van der Waals surface area (Å²) < 4.78 is 20.5. The van der Waals surface area contributed by atoms with Crippen LogP contribution in [0.1, 0.15) is 11.3 Å². The molecule has 1 aromatic carbocycles. The fourth-order valence-corrected chi connectivity index (χ4v) is 1.78. The van der Waals surface area contributed by atoms with E-state index < -0.39 is 9.84 Å². The molecule has 0 saturated carbocycles. The van der Waals surface area contributed by atoms with Gasteiger partial charge in [0.15, 0.2) is 0 Å². The van der Waals surface area contributed by atoms with Crippen molar-refractivity contribution in [2.45, 2.75) is 6.42 Å². The van der Waals surface area contributed by atoms with Gasteiger partial charge in [0, 0.05) is 11.9 Å². The molecule has 23 heavy (non-hydrogen) atoms. The van der Waals surface area contributed by atoms with Gasteiger partial charge in [0.25, 0.3) is 0 Å². The van der Waals surface area contributed by atoms with Crippen molar-refractivity contribution in [3.8, 4) is 0 Å². The van der Waals surface area contributed by atoms with Crippen LogP contribution in [0.5, 0.6) is 0 Å². The van der Waals surface area contributed by atoms with E-state index in [1.54, 1.807) is 0 Å². The predicted octanol–water partition coefficient (Wildman–Crippen LogP) is 2.38. The first kappa shape index (κ1) is 21.0. The summed E-state index contributed by atoms with van der Waals surface area (Å²) in [7, 11) is -3.65. The third-order valence-corrected chi connectivity index (χ3v) is 3.17. The molecule has 1 aromatic heterocycles. The average Bonchev–Trinajstić information content (AvgIpc) is 2.50. The van der Waals surface area contributed by atoms with Gasteiger partial charge in [-0.15, -0.1) is 0 Å². The molecule has 1 heterocycles. The zero-order valence-electron chi connectivity index (χ0n) is 11.8. The minimum atomic E-state index is -3.65. The molecule has 0 spiro atoms. The summed E-state index contributed by atoms with van der Waals surface area (Å²) >= 11 is 0. The fourth-order valence-electron chi connectivity index (χ4n) is 1.42. The van der Waals surface area contributed by atoms with Gasteiger partial charge in [-0.05, 0) is 18.6 Å². The molecule has 0 radical (unpaired) electrons. The summed E-state index contributed by atoms with van der Waals surface area (Å²) in [4.78, 5) is 4.25. The number of benzene rings is 1. The molecule has 5 nitrogen and oxygen atoms in total. The number of hydrogen-bond acceptors (Lipinski definition) is 3. The molecule has 7 heteroatoms. The van der Waals surface area contributed by atoms with Gasteiger partial charge < -0.3 is 10.8 Å². The molecule has 0 N–H and O–H groups in total. The molecule has 0 atom stereocenters. The van der Waals surface area contributed by atoms with Crippen LogP contribution in [0.25, 0.3) is 10.8 Å². The van der Waals surface area contributed by atoms with Gasteiger partial charge in [0.2, 0.25) is 9.84 Å². The van der Waals surface area contributed by atoms with Crippen LogP contribution in [0.4, 0.5) is 0 Å². The maximum Gasteiger partial charge on any atom is 3.00 e. The van der Waals surface area contributed by atoms with Gasteiger partial charge in [0.05, 0.1) is 10.8 Å². The van der Waals surface area contributed by atoms with Crippen molar-refractivity contribution in [2.24, 2.45) is 0 Å². The zero-order chi connectivity index (χ0) is 16.3. The molecule has 2 aromatic rings. The van der Waals surface area contributed by atoms with Crippen LogP contribution in [0.15, 0.2) is 59.5 Å². The van der Waals surface area contributed by atoms with E-state index in [2.05, 4.69) is 17.1 Å². The van der Waals surface area contributed by atoms with Crippen molar-refractivity contribution < 1.29 is 30.8 Å². The Balaban J connectivity index is 0.000000434. The molecule has 0 aliphatic carbocycles. The maximum atomic E-state index is 10.3. The molecule has 0 saturated heterocycles. The van der Waals surface area contributed by atoms with Gasteiger partial charge in [-0.1, -0.05) is 6.07 Å². The van der Waals surface area contributed by atoms with Crippen LogP contribution in [0, 0.1) is 6.07 Å². The minimum absolute atomic E-state index is 0. The minimum Gasteiger partial charge on any atom is -0.763 e. The van der Waals surface area contributed by atoms with E-state index in [1.165, 1.54) is 17.3 Å². The zero-order valence-corrected chi connectivity index (χ0v) is 14.8. The third kappa shape index (κ3) is 9.55. The molecule has 2 rings (SSSR count). The smallest absolute Gasteiger partial charge is 0.763 e. The van der Waals surface area contributed by atoms with Gasteiger partial charge >= 0.3 is 22.4 Å². The van der Waals surface area contributed by atoms with Crippen molar-refractivity contribution in [1.82, 2.24) is 4.98 Å². The molecular weight excluding hydrogens is 495 g/mol. The molecule has 0 aliphatic heterocycles. The second-order valence-corrected chi connectivity index (χ2v) is 5.62. The summed E-state index contributed by atoms with van der Waals surface area (Å²) in [6.45, 7) is 0. The Kier molecular flexibility index (Phi) is 10.5. The topological polar surface area (TPSA) is 91.6 Å². The molecule has 0 unspecified atom stereocenters. The van der Waals surface area contributed by atoms with Crippen LogP contribution in [-0.2, 0) is 38.6 Å². The third-order valence-electron chi connectivity index (χ3n) is 2.31. The number of aromatic nitrogens is 1. The van der Waals surface area contributed by atoms with Gasteiger partial charge in [-0.3, -0.25) is 16.7 Å². The van der Waals surface area contributed by atoms with Crippen molar-refractivity contribution in [2.75, 3.05) is 0 Å². The summed E-state index contributed by atoms with van der Waals surface area (Å²) in [5.41, 5.74) is 2.27. The van der Waals surface area contributed by atoms with E-state index in [9.17, 15) is 8.42 Å². The van der Waals surface area contributed by atoms with E-state index >= 15 is 0 Å². The maximum absolute atomic E-state index is 10.3. The molecule has 0 aliphatic rings. The van der Waals surface area contributed by atoms with Crippen molar-refractivity contribution in [3.63, 3.8) is 0 Å². The number of rotatable bonds is 4. The van der Waals surface area contributed by atoms with E-state index in [-0.39, 0.29) is 22.4 Å². The standard InChI is InChI=1S/C12H10N.C4H2N2O2S.Au/c1-2-6-11(7-3-1)10-12-8-4-5-9-13-12;5-1-3-9(7,8)4-2-6;/h1-6,8-9H,10H2;3-4H;/q-1;-2;+3. The molecular formula is C16H12AuN3O2S. The normalized spacial score (nSPS) is 9.04. The molecule has 120 valence electrons. The monoisotopic (exact) mass is 507 g/mol. The Hall–Kier alpha value is -2.04. The summed E-state index contributed by atoms with van der Waals surface area (Å²) in [5.74, 6) is 2.59. The quantitative estimate of drug-likeness (QED) is 0.362. The fraction of sp³-hybridized carbons (Fsp3) is 0.0625. The van der Waals surface area contributed by atoms with Crippen molar-refractivity contribution in [3.05, 3.63) is 87.6 Å². The average molecular weight is 507 g/mol.